The number of nitrogens with one attached hydrogen (secondary N) is 1. The number of likely N-dealkylation sites (N-methyl/N-ethyl adjacent to an activating group) is 1. The van der Waals surface area contributed by atoms with Crippen LogP contribution in [-0.4, -0.2) is 48.8 Å². The molecular weight excluding hydrogens is 240 g/mol. The van der Waals surface area contributed by atoms with Gasteiger partial charge < -0.3 is 15.8 Å². The molecule has 0 aliphatic carbocycles. The predicted molar refractivity (Wildman–Crippen MR) is 76.9 cm³/mol. The van der Waals surface area contributed by atoms with E-state index in [0.29, 0.717) is 11.9 Å². The van der Waals surface area contributed by atoms with E-state index < -0.39 is 0 Å². The van der Waals surface area contributed by atoms with Gasteiger partial charge in [-0.1, -0.05) is 6.07 Å². The Bertz CT molecular complexity index is 410. The van der Waals surface area contributed by atoms with Crippen molar-refractivity contribution in [1.82, 2.24) is 15.2 Å². The van der Waals surface area contributed by atoms with Crippen LogP contribution in [0.4, 0.5) is 5.82 Å². The highest BCUT2D eigenvalue weighted by molar-refractivity contribution is 5.41. The average molecular weight is 264 g/mol. The highest BCUT2D eigenvalue weighted by Gasteiger charge is 2.30. The summed E-state index contributed by atoms with van der Waals surface area (Å²) in [6, 6.07) is 4.55. The van der Waals surface area contributed by atoms with Crippen LogP contribution in [0.1, 0.15) is 25.5 Å². The molecule has 5 nitrogen and oxygen atoms in total. The lowest BCUT2D eigenvalue weighted by Gasteiger charge is -2.39. The van der Waals surface area contributed by atoms with Gasteiger partial charge in [0.25, 0.3) is 0 Å². The molecule has 106 valence electrons. The van der Waals surface area contributed by atoms with Crippen molar-refractivity contribution in [2.24, 2.45) is 0 Å². The molecule has 0 aromatic carbocycles. The van der Waals surface area contributed by atoms with Gasteiger partial charge in [-0.15, -0.1) is 0 Å². The summed E-state index contributed by atoms with van der Waals surface area (Å²) >= 11 is 0. The average Bonchev–Trinajstić information content (AvgIpc) is 2.42. The van der Waals surface area contributed by atoms with E-state index in [-0.39, 0.29) is 12.1 Å². The number of nitrogen functional groups attached to an aromatic ring is 1. The lowest BCUT2D eigenvalue weighted by atomic mass is 10.00. The quantitative estimate of drug-likeness (QED) is 0.850. The van der Waals surface area contributed by atoms with Gasteiger partial charge in [-0.25, -0.2) is 4.98 Å². The molecule has 0 amide bonds. The van der Waals surface area contributed by atoms with Crippen LogP contribution < -0.4 is 11.1 Å². The van der Waals surface area contributed by atoms with E-state index in [1.807, 2.05) is 19.2 Å². The van der Waals surface area contributed by atoms with Crippen LogP contribution in [0.5, 0.6) is 0 Å². The van der Waals surface area contributed by atoms with Gasteiger partial charge in [-0.05, 0) is 27.0 Å². The zero-order valence-corrected chi connectivity index (χ0v) is 12.0. The Labute approximate surface area is 115 Å². The standard InChI is InChI=1S/C14H24N4O/c1-10(2)18-7-8-19-12(9-18)13(16-3)11-5-4-6-17-14(11)15/h4-6,10,12-13,16H,7-9H2,1-3H3,(H2,15,17). The molecule has 5 heteroatoms. The third-order valence-corrected chi connectivity index (χ3v) is 3.74. The fraction of sp³-hybridized carbons (Fsp3) is 0.643. The first kappa shape index (κ1) is 14.2. The first-order chi connectivity index (χ1) is 9.13. The van der Waals surface area contributed by atoms with Gasteiger partial charge in [-0.3, -0.25) is 4.90 Å². The number of nitrogens with two attached hydrogens (primary N) is 1. The van der Waals surface area contributed by atoms with E-state index in [9.17, 15) is 0 Å². The van der Waals surface area contributed by atoms with Crippen molar-refractivity contribution in [3.05, 3.63) is 23.9 Å². The van der Waals surface area contributed by atoms with Crippen LogP contribution in [0.25, 0.3) is 0 Å². The lowest BCUT2D eigenvalue weighted by Crippen LogP contribution is -2.50. The number of anilines is 1. The maximum atomic E-state index is 5.98. The Morgan fingerprint density at radius 2 is 2.32 bits per heavy atom. The molecule has 2 atom stereocenters. The van der Waals surface area contributed by atoms with Crippen molar-refractivity contribution in [2.45, 2.75) is 32.0 Å². The Morgan fingerprint density at radius 3 is 2.95 bits per heavy atom. The maximum absolute atomic E-state index is 5.98. The summed E-state index contributed by atoms with van der Waals surface area (Å²) < 4.78 is 5.93. The summed E-state index contributed by atoms with van der Waals surface area (Å²) in [5.41, 5.74) is 6.99. The van der Waals surface area contributed by atoms with Crippen LogP contribution in [0, 0.1) is 0 Å². The van der Waals surface area contributed by atoms with E-state index in [2.05, 4.69) is 29.0 Å². The second kappa shape index (κ2) is 6.32. The van der Waals surface area contributed by atoms with Crippen molar-refractivity contribution >= 4 is 5.82 Å². The molecule has 1 aliphatic rings. The molecule has 0 bridgehead atoms. The largest absolute Gasteiger partial charge is 0.383 e. The summed E-state index contributed by atoms with van der Waals surface area (Å²) in [6.07, 6.45) is 1.82. The van der Waals surface area contributed by atoms with Gasteiger partial charge in [0.15, 0.2) is 0 Å². The van der Waals surface area contributed by atoms with Gasteiger partial charge in [0.2, 0.25) is 0 Å². The minimum atomic E-state index is 0.0789. The van der Waals surface area contributed by atoms with Crippen LogP contribution in [0.2, 0.25) is 0 Å². The van der Waals surface area contributed by atoms with Gasteiger partial charge in [0.1, 0.15) is 5.82 Å². The minimum absolute atomic E-state index is 0.0789. The zero-order chi connectivity index (χ0) is 13.8. The molecule has 0 spiro atoms. The number of aromatic nitrogens is 1. The van der Waals surface area contributed by atoms with Crippen molar-refractivity contribution in [2.75, 3.05) is 32.5 Å². The summed E-state index contributed by atoms with van der Waals surface area (Å²) in [4.78, 5) is 6.60. The van der Waals surface area contributed by atoms with E-state index in [1.54, 1.807) is 6.20 Å². The van der Waals surface area contributed by atoms with Gasteiger partial charge in [0.05, 0.1) is 18.8 Å². The van der Waals surface area contributed by atoms with Gasteiger partial charge >= 0.3 is 0 Å². The molecule has 19 heavy (non-hydrogen) atoms. The number of rotatable bonds is 4. The first-order valence-corrected chi connectivity index (χ1v) is 6.86. The number of ether oxygens (including phenoxy) is 1. The molecule has 2 heterocycles. The Balaban J connectivity index is 2.16. The van der Waals surface area contributed by atoms with Gasteiger partial charge in [-0.2, -0.15) is 0 Å². The number of morpholine rings is 1. The molecule has 2 rings (SSSR count). The summed E-state index contributed by atoms with van der Waals surface area (Å²) in [7, 11) is 1.94. The monoisotopic (exact) mass is 264 g/mol. The Hall–Kier alpha value is -1.17. The second-order valence-corrected chi connectivity index (χ2v) is 5.24. The Kier molecular flexibility index (Phi) is 4.74. The van der Waals surface area contributed by atoms with Crippen molar-refractivity contribution in [1.29, 1.82) is 0 Å². The Morgan fingerprint density at radius 1 is 1.53 bits per heavy atom. The molecule has 1 aromatic rings. The van der Waals surface area contributed by atoms with E-state index in [0.717, 1.165) is 25.3 Å². The molecular formula is C14H24N4O. The molecule has 0 radical (unpaired) electrons. The molecule has 1 fully saturated rings. The fourth-order valence-corrected chi connectivity index (χ4v) is 2.60. The van der Waals surface area contributed by atoms with Crippen molar-refractivity contribution in [3.63, 3.8) is 0 Å². The zero-order valence-electron chi connectivity index (χ0n) is 12.0. The summed E-state index contributed by atoms with van der Waals surface area (Å²) in [5, 5.41) is 3.32. The van der Waals surface area contributed by atoms with Gasteiger partial charge in [0, 0.05) is 30.9 Å². The fourth-order valence-electron chi connectivity index (χ4n) is 2.60. The highest BCUT2D eigenvalue weighted by Crippen LogP contribution is 2.25. The van der Waals surface area contributed by atoms with Crippen LogP contribution in [0.15, 0.2) is 18.3 Å². The normalized spacial score (nSPS) is 22.6. The van der Waals surface area contributed by atoms with E-state index in [1.165, 1.54) is 0 Å². The highest BCUT2D eigenvalue weighted by atomic mass is 16.5. The van der Waals surface area contributed by atoms with Crippen molar-refractivity contribution in [3.8, 4) is 0 Å². The third kappa shape index (κ3) is 3.23. The lowest BCUT2D eigenvalue weighted by molar-refractivity contribution is -0.0549. The number of nitrogens with zero attached hydrogens (tertiary/aromatic N) is 2. The van der Waals surface area contributed by atoms with Crippen molar-refractivity contribution < 1.29 is 4.74 Å². The van der Waals surface area contributed by atoms with Crippen LogP contribution >= 0.6 is 0 Å². The smallest absolute Gasteiger partial charge is 0.128 e. The van der Waals surface area contributed by atoms with Crippen LogP contribution in [-0.2, 0) is 4.74 Å². The van der Waals surface area contributed by atoms with E-state index in [4.69, 9.17) is 10.5 Å². The molecule has 1 aromatic heterocycles. The molecule has 1 aliphatic heterocycles. The van der Waals surface area contributed by atoms with E-state index >= 15 is 0 Å². The second-order valence-electron chi connectivity index (χ2n) is 5.24. The topological polar surface area (TPSA) is 63.4 Å². The molecule has 3 N–H and O–H groups in total. The summed E-state index contributed by atoms with van der Waals surface area (Å²) in [5.74, 6) is 0.576. The number of hydrogen-bond donors (Lipinski definition) is 2. The molecule has 1 saturated heterocycles. The third-order valence-electron chi connectivity index (χ3n) is 3.74. The summed E-state index contributed by atoms with van der Waals surface area (Å²) in [6.45, 7) is 7.11. The number of hydrogen-bond acceptors (Lipinski definition) is 5. The molecule has 0 saturated carbocycles. The maximum Gasteiger partial charge on any atom is 0.128 e. The molecule has 2 unspecified atom stereocenters. The van der Waals surface area contributed by atoms with Crippen LogP contribution in [0.3, 0.4) is 0 Å². The number of pyridine rings is 1. The SMILES string of the molecule is CNC(c1cccnc1N)C1CN(C(C)C)CCO1. The minimum Gasteiger partial charge on any atom is -0.383 e. The first-order valence-electron chi connectivity index (χ1n) is 6.86. The predicted octanol–water partition coefficient (Wildman–Crippen LogP) is 1.03.